The molecule has 0 aromatic heterocycles. The Morgan fingerprint density at radius 2 is 1.71 bits per heavy atom. The first-order valence-electron chi connectivity index (χ1n) is 5.61. The molecule has 0 fully saturated rings. The molecule has 0 saturated heterocycles. The van der Waals surface area contributed by atoms with Crippen LogP contribution in [0.3, 0.4) is 0 Å². The Balaban J connectivity index is 2.44. The van der Waals surface area contributed by atoms with Crippen LogP contribution in [0.5, 0.6) is 0 Å². The van der Waals surface area contributed by atoms with Crippen molar-refractivity contribution in [2.75, 3.05) is 4.72 Å². The highest BCUT2D eigenvalue weighted by atomic mass is 35.5. The van der Waals surface area contributed by atoms with Crippen LogP contribution >= 0.6 is 23.2 Å². The molecule has 2 N–H and O–H groups in total. The van der Waals surface area contributed by atoms with Gasteiger partial charge in [-0.15, -0.1) is 0 Å². The van der Waals surface area contributed by atoms with Crippen molar-refractivity contribution in [2.45, 2.75) is 4.90 Å². The van der Waals surface area contributed by atoms with Gasteiger partial charge in [-0.3, -0.25) is 4.72 Å². The van der Waals surface area contributed by atoms with Crippen molar-refractivity contribution < 1.29 is 18.3 Å². The number of aromatic carboxylic acids is 1. The monoisotopic (exact) mass is 345 g/mol. The minimum absolute atomic E-state index is 0.0310. The number of benzene rings is 2. The molecule has 110 valence electrons. The van der Waals surface area contributed by atoms with Gasteiger partial charge in [-0.25, -0.2) is 13.2 Å². The summed E-state index contributed by atoms with van der Waals surface area (Å²) in [4.78, 5) is 10.8. The summed E-state index contributed by atoms with van der Waals surface area (Å²) in [6.07, 6.45) is 0. The molecule has 0 unspecified atom stereocenters. The molecule has 21 heavy (non-hydrogen) atoms. The molecule has 0 spiro atoms. The van der Waals surface area contributed by atoms with Gasteiger partial charge in [0.15, 0.2) is 0 Å². The summed E-state index contributed by atoms with van der Waals surface area (Å²) < 4.78 is 26.7. The molecule has 0 atom stereocenters. The Hall–Kier alpha value is -1.76. The van der Waals surface area contributed by atoms with Crippen molar-refractivity contribution in [1.29, 1.82) is 0 Å². The number of hydrogen-bond acceptors (Lipinski definition) is 3. The van der Waals surface area contributed by atoms with Gasteiger partial charge in [-0.1, -0.05) is 35.3 Å². The first-order chi connectivity index (χ1) is 9.81. The quantitative estimate of drug-likeness (QED) is 0.888. The Labute approximate surface area is 131 Å². The summed E-state index contributed by atoms with van der Waals surface area (Å²) in [6.45, 7) is 0. The lowest BCUT2D eigenvalue weighted by Gasteiger charge is -2.11. The first-order valence-corrected chi connectivity index (χ1v) is 7.85. The minimum Gasteiger partial charge on any atom is -0.478 e. The van der Waals surface area contributed by atoms with Crippen molar-refractivity contribution in [2.24, 2.45) is 0 Å². The predicted molar refractivity (Wildman–Crippen MR) is 80.7 cm³/mol. The topological polar surface area (TPSA) is 83.5 Å². The molecular weight excluding hydrogens is 337 g/mol. The van der Waals surface area contributed by atoms with Gasteiger partial charge >= 0.3 is 5.97 Å². The van der Waals surface area contributed by atoms with Gasteiger partial charge < -0.3 is 5.11 Å². The number of anilines is 1. The first kappa shape index (κ1) is 15.6. The average molecular weight is 346 g/mol. The lowest BCUT2D eigenvalue weighted by Crippen LogP contribution is -2.14. The van der Waals surface area contributed by atoms with Crippen LogP contribution in [-0.4, -0.2) is 19.5 Å². The van der Waals surface area contributed by atoms with E-state index in [1.807, 2.05) is 0 Å². The third kappa shape index (κ3) is 3.47. The van der Waals surface area contributed by atoms with Gasteiger partial charge in [-0.05, 0) is 30.3 Å². The van der Waals surface area contributed by atoms with Gasteiger partial charge in [0, 0.05) is 0 Å². The number of nitrogens with one attached hydrogen (secondary N) is 1. The van der Waals surface area contributed by atoms with E-state index >= 15 is 0 Å². The van der Waals surface area contributed by atoms with E-state index < -0.39 is 16.0 Å². The van der Waals surface area contributed by atoms with Crippen molar-refractivity contribution in [3.8, 4) is 0 Å². The second-order valence-corrected chi connectivity index (χ2v) is 6.50. The molecule has 2 aromatic carbocycles. The molecular formula is C13H9Cl2NO4S. The molecule has 0 aliphatic heterocycles. The van der Waals surface area contributed by atoms with Crippen LogP contribution in [0.4, 0.5) is 5.69 Å². The highest BCUT2D eigenvalue weighted by Crippen LogP contribution is 2.28. The maximum Gasteiger partial charge on any atom is 0.335 e. The lowest BCUT2D eigenvalue weighted by atomic mass is 10.2. The number of hydrogen-bond donors (Lipinski definition) is 2. The second-order valence-electron chi connectivity index (χ2n) is 4.04. The summed E-state index contributed by atoms with van der Waals surface area (Å²) in [7, 11) is -3.97. The summed E-state index contributed by atoms with van der Waals surface area (Å²) in [5.74, 6) is -1.19. The molecule has 0 amide bonds. The Kier molecular flexibility index (Phi) is 4.41. The molecule has 8 heteroatoms. The standard InChI is InChI=1S/C13H9Cl2NO4S/c14-9-6-5-8(13(17)18)7-11(9)16-21(19,20)12-4-2-1-3-10(12)15/h1-7,16H,(H,17,18). The summed E-state index contributed by atoms with van der Waals surface area (Å²) in [5.41, 5.74) is -0.118. The van der Waals surface area contributed by atoms with Gasteiger partial charge in [0.2, 0.25) is 0 Å². The fraction of sp³-hybridized carbons (Fsp3) is 0. The van der Waals surface area contributed by atoms with E-state index in [0.717, 1.165) is 6.07 Å². The summed E-state index contributed by atoms with van der Waals surface area (Å²) >= 11 is 11.7. The van der Waals surface area contributed by atoms with Crippen molar-refractivity contribution in [1.82, 2.24) is 0 Å². The zero-order valence-electron chi connectivity index (χ0n) is 10.4. The van der Waals surface area contributed by atoms with Gasteiger partial charge in [0.1, 0.15) is 4.90 Å². The lowest BCUT2D eigenvalue weighted by molar-refractivity contribution is 0.0697. The predicted octanol–water partition coefficient (Wildman–Crippen LogP) is 3.49. The van der Waals surface area contributed by atoms with Crippen LogP contribution in [0.15, 0.2) is 47.4 Å². The fourth-order valence-electron chi connectivity index (χ4n) is 1.60. The third-order valence-electron chi connectivity index (χ3n) is 2.58. The van der Waals surface area contributed by atoms with E-state index in [9.17, 15) is 13.2 Å². The van der Waals surface area contributed by atoms with Crippen LogP contribution < -0.4 is 4.72 Å². The van der Waals surface area contributed by atoms with E-state index in [0.29, 0.717) is 0 Å². The van der Waals surface area contributed by atoms with E-state index in [4.69, 9.17) is 28.3 Å². The molecule has 0 heterocycles. The Morgan fingerprint density at radius 3 is 2.33 bits per heavy atom. The van der Waals surface area contributed by atoms with Crippen molar-refractivity contribution in [3.05, 3.63) is 58.1 Å². The number of sulfonamides is 1. The van der Waals surface area contributed by atoms with E-state index in [-0.39, 0.29) is 26.2 Å². The van der Waals surface area contributed by atoms with Gasteiger partial charge in [0.05, 0.1) is 21.3 Å². The molecule has 0 aliphatic carbocycles. The summed E-state index contributed by atoms with van der Waals surface area (Å²) in [5, 5.41) is 9.05. The number of carboxylic acid groups (broad SMARTS) is 1. The normalized spacial score (nSPS) is 11.1. The van der Waals surface area contributed by atoms with Crippen LogP contribution in [0, 0.1) is 0 Å². The molecule has 2 rings (SSSR count). The maximum atomic E-state index is 12.3. The fourth-order valence-corrected chi connectivity index (χ4v) is 3.41. The number of carbonyl (C=O) groups is 1. The third-order valence-corrected chi connectivity index (χ3v) is 4.78. The average Bonchev–Trinajstić information content (AvgIpc) is 2.41. The number of rotatable bonds is 4. The molecule has 0 aliphatic rings. The minimum atomic E-state index is -3.97. The SMILES string of the molecule is O=C(O)c1ccc(Cl)c(NS(=O)(=O)c2ccccc2Cl)c1. The maximum absolute atomic E-state index is 12.3. The number of carboxylic acids is 1. The molecule has 5 nitrogen and oxygen atoms in total. The van der Waals surface area contributed by atoms with Crippen molar-refractivity contribution >= 4 is 44.9 Å². The molecule has 0 saturated carbocycles. The largest absolute Gasteiger partial charge is 0.478 e. The molecule has 0 radical (unpaired) electrons. The number of halogens is 2. The van der Waals surface area contributed by atoms with E-state index in [1.165, 1.54) is 30.3 Å². The van der Waals surface area contributed by atoms with E-state index in [2.05, 4.69) is 4.72 Å². The summed E-state index contributed by atoms with van der Waals surface area (Å²) in [6, 6.07) is 9.60. The zero-order chi connectivity index (χ0) is 15.6. The smallest absolute Gasteiger partial charge is 0.335 e. The molecule has 2 aromatic rings. The van der Waals surface area contributed by atoms with Gasteiger partial charge in [0.25, 0.3) is 10.0 Å². The van der Waals surface area contributed by atoms with Gasteiger partial charge in [-0.2, -0.15) is 0 Å². The Morgan fingerprint density at radius 1 is 1.05 bits per heavy atom. The van der Waals surface area contributed by atoms with Crippen molar-refractivity contribution in [3.63, 3.8) is 0 Å². The van der Waals surface area contributed by atoms with Crippen LogP contribution in [0.25, 0.3) is 0 Å². The highest BCUT2D eigenvalue weighted by Gasteiger charge is 2.19. The van der Waals surface area contributed by atoms with E-state index in [1.54, 1.807) is 6.07 Å². The van der Waals surface area contributed by atoms with Crippen LogP contribution in [0.2, 0.25) is 10.0 Å². The molecule has 0 bridgehead atoms. The Bertz CT molecular complexity index is 806. The highest BCUT2D eigenvalue weighted by molar-refractivity contribution is 7.92. The zero-order valence-corrected chi connectivity index (χ0v) is 12.7. The second kappa shape index (κ2) is 5.93. The van der Waals surface area contributed by atoms with Crippen LogP contribution in [-0.2, 0) is 10.0 Å². The van der Waals surface area contributed by atoms with Crippen LogP contribution in [0.1, 0.15) is 10.4 Å².